The number of nitrogens with zero attached hydrogens (tertiary/aromatic N) is 1. The van der Waals surface area contributed by atoms with Crippen molar-refractivity contribution < 1.29 is 4.79 Å². The molecule has 3 nitrogen and oxygen atoms in total. The van der Waals surface area contributed by atoms with E-state index in [1.54, 1.807) is 0 Å². The first-order valence-electron chi connectivity index (χ1n) is 10.3. The van der Waals surface area contributed by atoms with Gasteiger partial charge < -0.3 is 10.2 Å². The normalized spacial score (nSPS) is 20.7. The first kappa shape index (κ1) is 17.5. The summed E-state index contributed by atoms with van der Waals surface area (Å²) in [5.74, 6) is 1.04. The topological polar surface area (TPSA) is 32.3 Å². The second kappa shape index (κ2) is 8.22. The molecular weight excluding hydrogens is 320 g/mol. The largest absolute Gasteiger partial charge is 0.335 e. The van der Waals surface area contributed by atoms with Crippen LogP contribution >= 0.6 is 0 Å². The molecule has 1 unspecified atom stereocenters. The molecule has 0 aromatic heterocycles. The lowest BCUT2D eigenvalue weighted by Crippen LogP contribution is -2.38. The molecule has 1 saturated heterocycles. The number of hydrogen-bond acceptors (Lipinski definition) is 2. The Bertz CT molecular complexity index is 739. The van der Waals surface area contributed by atoms with Gasteiger partial charge in [0.15, 0.2) is 0 Å². The van der Waals surface area contributed by atoms with Crippen LogP contribution < -0.4 is 5.32 Å². The van der Waals surface area contributed by atoms with Crippen molar-refractivity contribution >= 4 is 16.7 Å². The Morgan fingerprint density at radius 2 is 1.85 bits per heavy atom. The highest BCUT2D eigenvalue weighted by Gasteiger charge is 2.27. The second-order valence-corrected chi connectivity index (χ2v) is 8.00. The van der Waals surface area contributed by atoms with Gasteiger partial charge in [-0.2, -0.15) is 0 Å². The summed E-state index contributed by atoms with van der Waals surface area (Å²) in [6.07, 6.45) is 7.81. The van der Waals surface area contributed by atoms with Gasteiger partial charge in [-0.25, -0.2) is 0 Å². The number of amides is 1. The fourth-order valence-corrected chi connectivity index (χ4v) is 4.68. The highest BCUT2D eigenvalue weighted by molar-refractivity contribution is 5.86. The van der Waals surface area contributed by atoms with Gasteiger partial charge in [-0.3, -0.25) is 4.79 Å². The zero-order valence-corrected chi connectivity index (χ0v) is 15.6. The third-order valence-corrected chi connectivity index (χ3v) is 6.24. The molecule has 4 rings (SSSR count). The molecule has 1 saturated carbocycles. The quantitative estimate of drug-likeness (QED) is 0.832. The van der Waals surface area contributed by atoms with Crippen molar-refractivity contribution in [1.29, 1.82) is 0 Å². The van der Waals surface area contributed by atoms with E-state index in [9.17, 15) is 4.79 Å². The lowest BCUT2D eigenvalue weighted by atomic mass is 10.0. The smallest absolute Gasteiger partial charge is 0.223 e. The summed E-state index contributed by atoms with van der Waals surface area (Å²) < 4.78 is 0. The van der Waals surface area contributed by atoms with Crippen LogP contribution in [-0.2, 0) is 11.3 Å². The average Bonchev–Trinajstić information content (AvgIpc) is 3.38. The van der Waals surface area contributed by atoms with Crippen molar-refractivity contribution in [3.05, 3.63) is 48.0 Å². The van der Waals surface area contributed by atoms with Gasteiger partial charge >= 0.3 is 0 Å². The molecule has 1 N–H and O–H groups in total. The minimum atomic E-state index is 0.358. The monoisotopic (exact) mass is 350 g/mol. The average molecular weight is 351 g/mol. The van der Waals surface area contributed by atoms with Gasteiger partial charge in [0.2, 0.25) is 5.91 Å². The van der Waals surface area contributed by atoms with Crippen molar-refractivity contribution in [3.63, 3.8) is 0 Å². The van der Waals surface area contributed by atoms with Crippen molar-refractivity contribution in [2.24, 2.45) is 5.92 Å². The summed E-state index contributed by atoms with van der Waals surface area (Å²) in [6, 6.07) is 15.4. The van der Waals surface area contributed by atoms with Gasteiger partial charge in [0, 0.05) is 19.0 Å². The minimum Gasteiger partial charge on any atom is -0.335 e. The molecule has 3 heteroatoms. The maximum Gasteiger partial charge on any atom is 0.223 e. The number of nitrogens with one attached hydrogen (secondary N) is 1. The third-order valence-electron chi connectivity index (χ3n) is 6.24. The Hall–Kier alpha value is -1.87. The molecule has 138 valence electrons. The second-order valence-electron chi connectivity index (χ2n) is 8.00. The highest BCUT2D eigenvalue weighted by atomic mass is 16.2. The van der Waals surface area contributed by atoms with Crippen LogP contribution in [0.15, 0.2) is 42.5 Å². The van der Waals surface area contributed by atoms with Gasteiger partial charge in [-0.15, -0.1) is 0 Å². The number of benzene rings is 2. The Balaban J connectivity index is 1.51. The van der Waals surface area contributed by atoms with Gasteiger partial charge in [-0.05, 0) is 61.0 Å². The maximum atomic E-state index is 13.1. The van der Waals surface area contributed by atoms with E-state index in [0.717, 1.165) is 26.1 Å². The SMILES string of the molecule is O=C(CCC1CCNC1)N(Cc1cccc2ccccc12)C1CCCC1. The van der Waals surface area contributed by atoms with Crippen LogP contribution in [0.3, 0.4) is 0 Å². The molecule has 1 atom stereocenters. The van der Waals surface area contributed by atoms with E-state index in [4.69, 9.17) is 0 Å². The lowest BCUT2D eigenvalue weighted by molar-refractivity contribution is -0.134. The van der Waals surface area contributed by atoms with E-state index >= 15 is 0 Å². The summed E-state index contributed by atoms with van der Waals surface area (Å²) in [5.41, 5.74) is 1.28. The first-order valence-corrected chi connectivity index (χ1v) is 10.3. The summed E-state index contributed by atoms with van der Waals surface area (Å²) >= 11 is 0. The van der Waals surface area contributed by atoms with Gasteiger partial charge in [0.1, 0.15) is 0 Å². The molecule has 26 heavy (non-hydrogen) atoms. The first-order chi connectivity index (χ1) is 12.8. The number of fused-ring (bicyclic) bond motifs is 1. The molecule has 0 radical (unpaired) electrons. The molecule has 2 aliphatic rings. The molecule has 0 spiro atoms. The zero-order valence-electron chi connectivity index (χ0n) is 15.6. The fourth-order valence-electron chi connectivity index (χ4n) is 4.68. The van der Waals surface area contributed by atoms with Crippen molar-refractivity contribution in [2.45, 2.75) is 57.5 Å². The fraction of sp³-hybridized carbons (Fsp3) is 0.522. The van der Waals surface area contributed by atoms with E-state index in [1.807, 2.05) is 0 Å². The molecule has 0 bridgehead atoms. The van der Waals surface area contributed by atoms with Crippen LogP contribution in [0.4, 0.5) is 0 Å². The minimum absolute atomic E-state index is 0.358. The number of hydrogen-bond donors (Lipinski definition) is 1. The number of rotatable bonds is 6. The molecule has 2 aromatic rings. The Kier molecular flexibility index (Phi) is 5.54. The molecule has 2 aromatic carbocycles. The predicted octanol–water partition coefficient (Wildman–Crippen LogP) is 4.50. The molecule has 1 aliphatic heterocycles. The Morgan fingerprint density at radius 1 is 1.04 bits per heavy atom. The summed E-state index contributed by atoms with van der Waals surface area (Å²) in [5, 5.41) is 5.96. The van der Waals surface area contributed by atoms with Gasteiger partial charge in [0.25, 0.3) is 0 Å². The summed E-state index contributed by atoms with van der Waals surface area (Å²) in [7, 11) is 0. The van der Waals surface area contributed by atoms with Crippen LogP contribution in [0.2, 0.25) is 0 Å². The summed E-state index contributed by atoms with van der Waals surface area (Å²) in [6.45, 7) is 2.95. The lowest BCUT2D eigenvalue weighted by Gasteiger charge is -2.30. The highest BCUT2D eigenvalue weighted by Crippen LogP contribution is 2.28. The Morgan fingerprint density at radius 3 is 2.65 bits per heavy atom. The number of carbonyl (C=O) groups is 1. The maximum absolute atomic E-state index is 13.1. The van der Waals surface area contributed by atoms with E-state index in [-0.39, 0.29) is 0 Å². The van der Waals surface area contributed by atoms with Crippen LogP contribution in [0, 0.1) is 5.92 Å². The van der Waals surface area contributed by atoms with Crippen molar-refractivity contribution in [3.8, 4) is 0 Å². The van der Waals surface area contributed by atoms with Crippen LogP contribution in [0.25, 0.3) is 10.8 Å². The van der Waals surface area contributed by atoms with Crippen molar-refractivity contribution in [1.82, 2.24) is 10.2 Å². The molecule has 2 fully saturated rings. The zero-order chi connectivity index (χ0) is 17.8. The van der Waals surface area contributed by atoms with Crippen LogP contribution in [-0.4, -0.2) is 29.9 Å². The summed E-state index contributed by atoms with van der Waals surface area (Å²) in [4.78, 5) is 15.3. The van der Waals surface area contributed by atoms with Gasteiger partial charge in [-0.1, -0.05) is 55.3 Å². The molecule has 1 aliphatic carbocycles. The predicted molar refractivity (Wildman–Crippen MR) is 107 cm³/mol. The molecular formula is C23H30N2O. The standard InChI is InChI=1S/C23H30N2O/c26-23(13-12-18-14-15-24-16-18)25(21-9-2-3-10-21)17-20-8-5-7-19-6-1-4-11-22(19)20/h1,4-8,11,18,21,24H,2-3,9-10,12-17H2. The van der Waals surface area contributed by atoms with Gasteiger partial charge in [0.05, 0.1) is 0 Å². The van der Waals surface area contributed by atoms with E-state index in [1.165, 1.54) is 48.4 Å². The van der Waals surface area contributed by atoms with Crippen LogP contribution in [0.1, 0.15) is 50.5 Å². The third kappa shape index (κ3) is 3.93. The van der Waals surface area contributed by atoms with Crippen LogP contribution in [0.5, 0.6) is 0 Å². The van der Waals surface area contributed by atoms with E-state index in [2.05, 4.69) is 52.7 Å². The molecule has 1 amide bonds. The van der Waals surface area contributed by atoms with E-state index < -0.39 is 0 Å². The Labute approximate surface area is 156 Å². The number of carbonyl (C=O) groups excluding carboxylic acids is 1. The molecule has 1 heterocycles. The van der Waals surface area contributed by atoms with Crippen molar-refractivity contribution in [2.75, 3.05) is 13.1 Å². The van der Waals surface area contributed by atoms with E-state index in [0.29, 0.717) is 24.3 Å².